The highest BCUT2D eigenvalue weighted by atomic mass is 16.1. The topological polar surface area (TPSA) is 17.1 Å². The number of hydrogen-bond acceptors (Lipinski definition) is 1. The van der Waals surface area contributed by atoms with Crippen LogP contribution in [-0.4, -0.2) is 6.29 Å². The number of hydrogen-bond donors (Lipinski definition) is 0. The molecular weight excluding hydrogens is 220 g/mol. The van der Waals surface area contributed by atoms with E-state index in [1.807, 2.05) is 24.3 Å². The van der Waals surface area contributed by atoms with Crippen LogP contribution in [0.5, 0.6) is 0 Å². The molecule has 0 bridgehead atoms. The molecule has 1 heteroatoms. The van der Waals surface area contributed by atoms with E-state index in [1.54, 1.807) is 0 Å². The zero-order valence-electron chi connectivity index (χ0n) is 10.9. The van der Waals surface area contributed by atoms with Gasteiger partial charge in [-0.2, -0.15) is 0 Å². The molecular formula is C17H18O. The molecule has 0 fully saturated rings. The van der Waals surface area contributed by atoms with Gasteiger partial charge < -0.3 is 0 Å². The molecule has 0 aromatic heterocycles. The van der Waals surface area contributed by atoms with Crippen LogP contribution in [0.1, 0.15) is 42.1 Å². The average molecular weight is 238 g/mol. The van der Waals surface area contributed by atoms with Gasteiger partial charge in [-0.3, -0.25) is 4.79 Å². The van der Waals surface area contributed by atoms with Crippen LogP contribution in [0.25, 0.3) is 11.1 Å². The lowest BCUT2D eigenvalue weighted by atomic mass is 9.95. The van der Waals surface area contributed by atoms with Gasteiger partial charge in [-0.15, -0.1) is 0 Å². The lowest BCUT2D eigenvalue weighted by Gasteiger charge is -2.10. The number of rotatable bonds is 4. The molecule has 1 unspecified atom stereocenters. The first-order valence-electron chi connectivity index (χ1n) is 6.40. The highest BCUT2D eigenvalue weighted by molar-refractivity contribution is 5.78. The molecule has 1 atom stereocenters. The van der Waals surface area contributed by atoms with Gasteiger partial charge in [-0.1, -0.05) is 56.3 Å². The van der Waals surface area contributed by atoms with Gasteiger partial charge in [-0.05, 0) is 35.1 Å². The van der Waals surface area contributed by atoms with Gasteiger partial charge in [0.1, 0.15) is 6.29 Å². The maximum Gasteiger partial charge on any atom is 0.150 e. The van der Waals surface area contributed by atoms with Crippen LogP contribution in [0.15, 0.2) is 48.5 Å². The lowest BCUT2D eigenvalue weighted by molar-refractivity contribution is 0.112. The van der Waals surface area contributed by atoms with E-state index in [9.17, 15) is 4.79 Å². The maximum absolute atomic E-state index is 10.8. The van der Waals surface area contributed by atoms with Crippen molar-refractivity contribution in [1.29, 1.82) is 0 Å². The number of carbonyl (C=O) groups excluding carboxylic acids is 1. The summed E-state index contributed by atoms with van der Waals surface area (Å²) in [6.07, 6.45) is 2.04. The summed E-state index contributed by atoms with van der Waals surface area (Å²) in [7, 11) is 0. The fourth-order valence-corrected chi connectivity index (χ4v) is 2.03. The van der Waals surface area contributed by atoms with Crippen molar-refractivity contribution in [2.45, 2.75) is 26.2 Å². The van der Waals surface area contributed by atoms with Gasteiger partial charge in [-0.25, -0.2) is 0 Å². The predicted octanol–water partition coefficient (Wildman–Crippen LogP) is 4.68. The van der Waals surface area contributed by atoms with Crippen molar-refractivity contribution in [3.63, 3.8) is 0 Å². The molecule has 0 N–H and O–H groups in total. The van der Waals surface area contributed by atoms with E-state index >= 15 is 0 Å². The van der Waals surface area contributed by atoms with Gasteiger partial charge in [0.05, 0.1) is 0 Å². The largest absolute Gasteiger partial charge is 0.298 e. The van der Waals surface area contributed by atoms with Crippen molar-refractivity contribution in [2.75, 3.05) is 0 Å². The van der Waals surface area contributed by atoms with E-state index in [0.717, 1.165) is 29.4 Å². The summed E-state index contributed by atoms with van der Waals surface area (Å²) in [5, 5.41) is 0. The second-order valence-corrected chi connectivity index (χ2v) is 4.67. The van der Waals surface area contributed by atoms with Crippen LogP contribution < -0.4 is 0 Å². The Bertz CT molecular complexity index is 526. The van der Waals surface area contributed by atoms with Crippen LogP contribution in [-0.2, 0) is 0 Å². The van der Waals surface area contributed by atoms with E-state index in [1.165, 1.54) is 5.56 Å². The Kier molecular flexibility index (Phi) is 3.93. The highest BCUT2D eigenvalue weighted by Gasteiger charge is 2.03. The molecule has 18 heavy (non-hydrogen) atoms. The normalized spacial score (nSPS) is 12.1. The summed E-state index contributed by atoms with van der Waals surface area (Å²) in [6, 6.07) is 16.3. The van der Waals surface area contributed by atoms with Crippen molar-refractivity contribution in [2.24, 2.45) is 0 Å². The highest BCUT2D eigenvalue weighted by Crippen LogP contribution is 2.24. The van der Waals surface area contributed by atoms with Crippen LogP contribution in [0, 0.1) is 0 Å². The third kappa shape index (κ3) is 2.67. The lowest BCUT2D eigenvalue weighted by Crippen LogP contribution is -1.90. The van der Waals surface area contributed by atoms with Crippen LogP contribution in [0.4, 0.5) is 0 Å². The molecule has 2 aromatic carbocycles. The molecule has 0 saturated carbocycles. The fraction of sp³-hybridized carbons (Fsp3) is 0.235. The minimum Gasteiger partial charge on any atom is -0.298 e. The van der Waals surface area contributed by atoms with Crippen LogP contribution in [0.3, 0.4) is 0 Å². The Morgan fingerprint density at radius 1 is 1.06 bits per heavy atom. The maximum atomic E-state index is 10.8. The van der Waals surface area contributed by atoms with Gasteiger partial charge >= 0.3 is 0 Å². The van der Waals surface area contributed by atoms with Gasteiger partial charge in [0.25, 0.3) is 0 Å². The second kappa shape index (κ2) is 5.63. The first kappa shape index (κ1) is 12.6. The van der Waals surface area contributed by atoms with Gasteiger partial charge in [0.15, 0.2) is 0 Å². The van der Waals surface area contributed by atoms with Crippen LogP contribution in [0.2, 0.25) is 0 Å². The summed E-state index contributed by atoms with van der Waals surface area (Å²) in [4.78, 5) is 10.8. The zero-order chi connectivity index (χ0) is 13.0. The van der Waals surface area contributed by atoms with Crippen molar-refractivity contribution in [1.82, 2.24) is 0 Å². The standard InChI is InChI=1S/C17H18O/c1-3-13(2)15-7-9-16(10-8-15)17-6-4-5-14(11-17)12-18/h4-13H,3H2,1-2H3. The summed E-state index contributed by atoms with van der Waals surface area (Å²) < 4.78 is 0. The van der Waals surface area contributed by atoms with E-state index in [2.05, 4.69) is 38.1 Å². The van der Waals surface area contributed by atoms with E-state index in [4.69, 9.17) is 0 Å². The predicted molar refractivity (Wildman–Crippen MR) is 76.0 cm³/mol. The fourth-order valence-electron chi connectivity index (χ4n) is 2.03. The quantitative estimate of drug-likeness (QED) is 0.707. The van der Waals surface area contributed by atoms with Crippen LogP contribution >= 0.6 is 0 Å². The molecule has 92 valence electrons. The summed E-state index contributed by atoms with van der Waals surface area (Å²) >= 11 is 0. The van der Waals surface area contributed by atoms with Crippen molar-refractivity contribution < 1.29 is 4.79 Å². The summed E-state index contributed by atoms with van der Waals surface area (Å²) in [5.41, 5.74) is 4.34. The molecule has 0 amide bonds. The Labute approximate surface area is 108 Å². The number of benzene rings is 2. The average Bonchev–Trinajstić information content (AvgIpc) is 2.46. The Morgan fingerprint density at radius 2 is 1.78 bits per heavy atom. The van der Waals surface area contributed by atoms with Gasteiger partial charge in [0.2, 0.25) is 0 Å². The smallest absolute Gasteiger partial charge is 0.150 e. The summed E-state index contributed by atoms with van der Waals surface area (Å²) in [6.45, 7) is 4.44. The molecule has 0 aliphatic carbocycles. The zero-order valence-corrected chi connectivity index (χ0v) is 10.9. The van der Waals surface area contributed by atoms with Crippen molar-refractivity contribution >= 4 is 6.29 Å². The molecule has 0 aliphatic rings. The molecule has 2 rings (SSSR count). The molecule has 2 aromatic rings. The van der Waals surface area contributed by atoms with Gasteiger partial charge in [0, 0.05) is 5.56 Å². The molecule has 0 saturated heterocycles. The Hall–Kier alpha value is -1.89. The first-order valence-corrected chi connectivity index (χ1v) is 6.40. The summed E-state index contributed by atoms with van der Waals surface area (Å²) in [5.74, 6) is 0.598. The second-order valence-electron chi connectivity index (χ2n) is 4.67. The molecule has 1 nitrogen and oxygen atoms in total. The minimum absolute atomic E-state index is 0.598. The number of aldehydes is 1. The minimum atomic E-state index is 0.598. The first-order chi connectivity index (χ1) is 8.74. The molecule has 0 radical (unpaired) electrons. The van der Waals surface area contributed by atoms with Crippen molar-refractivity contribution in [3.05, 3.63) is 59.7 Å². The molecule has 0 spiro atoms. The van der Waals surface area contributed by atoms with Crippen molar-refractivity contribution in [3.8, 4) is 11.1 Å². The van der Waals surface area contributed by atoms with E-state index in [0.29, 0.717) is 5.92 Å². The van der Waals surface area contributed by atoms with E-state index < -0.39 is 0 Å². The molecule has 0 aliphatic heterocycles. The number of carbonyl (C=O) groups is 1. The Morgan fingerprint density at radius 3 is 2.39 bits per heavy atom. The third-order valence-corrected chi connectivity index (χ3v) is 3.45. The monoisotopic (exact) mass is 238 g/mol. The molecule has 0 heterocycles. The Balaban J connectivity index is 2.31. The third-order valence-electron chi connectivity index (χ3n) is 3.45. The SMILES string of the molecule is CCC(C)c1ccc(-c2cccc(C=O)c2)cc1. The van der Waals surface area contributed by atoms with E-state index in [-0.39, 0.29) is 0 Å².